The molecule has 3 aromatic rings. The van der Waals surface area contributed by atoms with Crippen molar-refractivity contribution in [2.45, 2.75) is 58.4 Å². The molecule has 214 valence electrons. The lowest BCUT2D eigenvalue weighted by atomic mass is 9.74. The third-order valence-corrected chi connectivity index (χ3v) is 7.99. The molecule has 0 aliphatic carbocycles. The van der Waals surface area contributed by atoms with Crippen molar-refractivity contribution >= 4 is 28.6 Å². The number of piperidine rings is 1. The number of likely N-dealkylation sites (tertiary alicyclic amines) is 1. The van der Waals surface area contributed by atoms with E-state index in [1.54, 1.807) is 18.7 Å². The lowest BCUT2D eigenvalue weighted by molar-refractivity contribution is -0.143. The zero-order valence-electron chi connectivity index (χ0n) is 23.7. The molecule has 2 aliphatic heterocycles. The van der Waals surface area contributed by atoms with Gasteiger partial charge < -0.3 is 26.3 Å². The smallest absolute Gasteiger partial charge is 0.245 e. The lowest BCUT2D eigenvalue weighted by Gasteiger charge is -2.42. The molecule has 0 spiro atoms. The maximum absolute atomic E-state index is 13.8. The van der Waals surface area contributed by atoms with E-state index in [1.165, 1.54) is 25.9 Å². The molecule has 5 N–H and O–H groups in total. The zero-order chi connectivity index (χ0) is 28.5. The number of aromatic amines is 1. The summed E-state index contributed by atoms with van der Waals surface area (Å²) in [7, 11) is 0. The first-order valence-electron chi connectivity index (χ1n) is 14.5. The molecule has 3 amide bonds. The van der Waals surface area contributed by atoms with Gasteiger partial charge in [0.2, 0.25) is 17.7 Å². The Balaban J connectivity index is 0.000000666. The highest BCUT2D eigenvalue weighted by Crippen LogP contribution is 2.34. The predicted octanol–water partition coefficient (Wildman–Crippen LogP) is 3.56. The second kappa shape index (κ2) is 13.6. The zero-order valence-corrected chi connectivity index (χ0v) is 23.7. The Morgan fingerprint density at radius 1 is 1.00 bits per heavy atom. The molecule has 2 fully saturated rings. The number of aromatic nitrogens is 1. The van der Waals surface area contributed by atoms with Crippen molar-refractivity contribution in [2.24, 2.45) is 17.1 Å². The number of hydrogen-bond acceptors (Lipinski definition) is 4. The van der Waals surface area contributed by atoms with Crippen molar-refractivity contribution < 1.29 is 14.4 Å². The Morgan fingerprint density at radius 3 is 2.35 bits per heavy atom. The normalized spacial score (nSPS) is 19.6. The Bertz CT molecular complexity index is 1280. The summed E-state index contributed by atoms with van der Waals surface area (Å²) in [6.07, 6.45) is 6.83. The van der Waals surface area contributed by atoms with Crippen molar-refractivity contribution in [3.05, 3.63) is 71.9 Å². The number of H-pyrrole nitrogens is 1. The van der Waals surface area contributed by atoms with Crippen molar-refractivity contribution in [3.8, 4) is 0 Å². The van der Waals surface area contributed by atoms with E-state index in [0.29, 0.717) is 32.2 Å². The summed E-state index contributed by atoms with van der Waals surface area (Å²) in [6.45, 7) is 6.89. The quantitative estimate of drug-likeness (QED) is 0.346. The fourth-order valence-electron chi connectivity index (χ4n) is 5.64. The summed E-state index contributed by atoms with van der Waals surface area (Å²) in [6, 6.07) is 16.9. The van der Waals surface area contributed by atoms with Crippen LogP contribution in [0.5, 0.6) is 0 Å². The Morgan fingerprint density at radius 2 is 1.70 bits per heavy atom. The summed E-state index contributed by atoms with van der Waals surface area (Å²) in [4.78, 5) is 44.1. The second-order valence-electron chi connectivity index (χ2n) is 11.4. The van der Waals surface area contributed by atoms with Gasteiger partial charge in [0, 0.05) is 42.5 Å². The van der Waals surface area contributed by atoms with Gasteiger partial charge in [-0.1, -0.05) is 62.4 Å². The number of carbonyl (C=O) groups excluding carboxylic acids is 3. The number of para-hydroxylation sites is 1. The van der Waals surface area contributed by atoms with Crippen LogP contribution in [0.1, 0.15) is 50.7 Å². The summed E-state index contributed by atoms with van der Waals surface area (Å²) in [5.41, 5.74) is 8.06. The fraction of sp³-hybridized carbons (Fsp3) is 0.469. The lowest BCUT2D eigenvalue weighted by Crippen LogP contribution is -2.58. The Labute approximate surface area is 237 Å². The molecule has 0 radical (unpaired) electrons. The topological polar surface area (TPSA) is 120 Å². The van der Waals surface area contributed by atoms with Gasteiger partial charge in [-0.3, -0.25) is 14.4 Å². The molecule has 0 bridgehead atoms. The van der Waals surface area contributed by atoms with E-state index in [4.69, 9.17) is 5.73 Å². The van der Waals surface area contributed by atoms with Crippen LogP contribution in [-0.4, -0.2) is 59.8 Å². The van der Waals surface area contributed by atoms with Crippen molar-refractivity contribution in [2.75, 3.05) is 26.2 Å². The molecule has 2 atom stereocenters. The van der Waals surface area contributed by atoms with E-state index in [0.717, 1.165) is 22.0 Å². The van der Waals surface area contributed by atoms with E-state index in [9.17, 15) is 14.4 Å². The molecular formula is C32H43N5O3. The molecule has 3 heterocycles. The van der Waals surface area contributed by atoms with Crippen LogP contribution in [0, 0.1) is 11.3 Å². The predicted molar refractivity (Wildman–Crippen MR) is 158 cm³/mol. The average molecular weight is 546 g/mol. The number of rotatable bonds is 8. The van der Waals surface area contributed by atoms with E-state index in [1.807, 2.05) is 60.8 Å². The van der Waals surface area contributed by atoms with Crippen LogP contribution in [0.4, 0.5) is 0 Å². The van der Waals surface area contributed by atoms with E-state index < -0.39 is 17.4 Å². The molecule has 2 aliphatic rings. The number of nitrogens with zero attached hydrogens (tertiary/aromatic N) is 1. The molecule has 2 aromatic carbocycles. The molecule has 0 saturated carbocycles. The molecule has 8 nitrogen and oxygen atoms in total. The van der Waals surface area contributed by atoms with Crippen LogP contribution in [0.3, 0.4) is 0 Å². The number of primary amides is 1. The van der Waals surface area contributed by atoms with Crippen LogP contribution in [0.25, 0.3) is 10.9 Å². The maximum Gasteiger partial charge on any atom is 0.245 e. The van der Waals surface area contributed by atoms with Crippen LogP contribution in [0.2, 0.25) is 0 Å². The minimum atomic E-state index is -0.831. The summed E-state index contributed by atoms with van der Waals surface area (Å²) in [5.74, 6) is -0.996. The highest BCUT2D eigenvalue weighted by Gasteiger charge is 2.43. The molecular weight excluding hydrogens is 502 g/mol. The van der Waals surface area contributed by atoms with Gasteiger partial charge >= 0.3 is 0 Å². The first kappa shape index (κ1) is 29.3. The van der Waals surface area contributed by atoms with Crippen LogP contribution in [-0.2, 0) is 27.2 Å². The second-order valence-corrected chi connectivity index (χ2v) is 11.4. The molecule has 5 rings (SSSR count). The third kappa shape index (κ3) is 7.30. The summed E-state index contributed by atoms with van der Waals surface area (Å²) in [5, 5.41) is 7.21. The number of nitrogens with one attached hydrogen (secondary N) is 3. The Hall–Kier alpha value is -3.65. The van der Waals surface area contributed by atoms with Crippen LogP contribution < -0.4 is 16.4 Å². The molecule has 40 heavy (non-hydrogen) atoms. The third-order valence-electron chi connectivity index (χ3n) is 7.99. The molecule has 1 aromatic heterocycles. The highest BCUT2D eigenvalue weighted by atomic mass is 16.2. The standard InChI is InChI=1S/C28H34N4O3.C4H9N/c1-19(2)25(33)31-24(15-21-17-30-23-12-7-6-11-22(21)23)26(34)32-14-8-13-28(18-32,27(29)35)16-20-9-4-3-5-10-20;1-2-4-5-3-1/h3-7,9-12,17,19,24,30H,8,13-16,18H2,1-2H3,(H2,29,35)(H,31,33);5H,1-4H2/t24-,28?;/m1./s1. The summed E-state index contributed by atoms with van der Waals surface area (Å²) < 4.78 is 0. The van der Waals surface area contributed by atoms with Gasteiger partial charge in [-0.05, 0) is 62.4 Å². The largest absolute Gasteiger partial charge is 0.369 e. The molecule has 1 unspecified atom stereocenters. The monoisotopic (exact) mass is 545 g/mol. The number of fused-ring (bicyclic) bond motifs is 1. The van der Waals surface area contributed by atoms with Crippen LogP contribution in [0.15, 0.2) is 60.8 Å². The minimum Gasteiger partial charge on any atom is -0.369 e. The average Bonchev–Trinajstić information content (AvgIpc) is 3.67. The van der Waals surface area contributed by atoms with Crippen molar-refractivity contribution in [3.63, 3.8) is 0 Å². The molecule has 8 heteroatoms. The van der Waals surface area contributed by atoms with Gasteiger partial charge in [0.25, 0.3) is 0 Å². The van der Waals surface area contributed by atoms with Gasteiger partial charge in [0.05, 0.1) is 5.41 Å². The molecule has 2 saturated heterocycles. The van der Waals surface area contributed by atoms with E-state index in [-0.39, 0.29) is 24.3 Å². The maximum atomic E-state index is 13.8. The van der Waals surface area contributed by atoms with Gasteiger partial charge in [0.15, 0.2) is 0 Å². The fourth-order valence-corrected chi connectivity index (χ4v) is 5.64. The number of hydrogen-bond donors (Lipinski definition) is 4. The SMILES string of the molecule is C1CCNC1.CC(C)C(=O)N[C@H](Cc1c[nH]c2ccccc12)C(=O)N1CCCC(Cc2ccccc2)(C(N)=O)C1. The van der Waals surface area contributed by atoms with Gasteiger partial charge in [-0.2, -0.15) is 0 Å². The number of amides is 3. The number of carbonyl (C=O) groups is 3. The van der Waals surface area contributed by atoms with Crippen molar-refractivity contribution in [1.29, 1.82) is 0 Å². The van der Waals surface area contributed by atoms with Crippen molar-refractivity contribution in [1.82, 2.24) is 20.5 Å². The number of benzene rings is 2. The first-order chi connectivity index (χ1) is 19.3. The van der Waals surface area contributed by atoms with Gasteiger partial charge in [-0.15, -0.1) is 0 Å². The number of nitrogens with two attached hydrogens (primary N) is 1. The minimum absolute atomic E-state index is 0.175. The van der Waals surface area contributed by atoms with Gasteiger partial charge in [-0.25, -0.2) is 0 Å². The van der Waals surface area contributed by atoms with Gasteiger partial charge in [0.1, 0.15) is 6.04 Å². The van der Waals surface area contributed by atoms with Crippen LogP contribution >= 0.6 is 0 Å². The van der Waals surface area contributed by atoms with E-state index >= 15 is 0 Å². The highest BCUT2D eigenvalue weighted by molar-refractivity contribution is 5.91. The summed E-state index contributed by atoms with van der Waals surface area (Å²) >= 11 is 0. The first-order valence-corrected chi connectivity index (χ1v) is 14.5. The van der Waals surface area contributed by atoms with E-state index in [2.05, 4.69) is 15.6 Å². The Kier molecular flexibility index (Phi) is 9.98.